The number of benzene rings is 2. The fourth-order valence-electron chi connectivity index (χ4n) is 2.43. The van der Waals surface area contributed by atoms with E-state index in [1.807, 2.05) is 6.07 Å². The minimum Gasteiger partial charge on any atom is -0.872 e. The molecule has 0 radical (unpaired) electrons. The molecule has 2 aromatic rings. The van der Waals surface area contributed by atoms with Crippen LogP contribution in [0.3, 0.4) is 0 Å². The molecule has 7 heteroatoms. The van der Waals surface area contributed by atoms with Crippen LogP contribution in [0, 0.1) is 0 Å². The van der Waals surface area contributed by atoms with Gasteiger partial charge in [-0.15, -0.1) is 5.75 Å². The summed E-state index contributed by atoms with van der Waals surface area (Å²) in [5.41, 5.74) is 0.433. The summed E-state index contributed by atoms with van der Waals surface area (Å²) in [6.45, 7) is 2.10. The van der Waals surface area contributed by atoms with E-state index in [9.17, 15) is 18.1 Å². The van der Waals surface area contributed by atoms with Crippen molar-refractivity contribution < 1.29 is 52.4 Å². The SMILES string of the molecule is CCCCCCc1c([O-])cc(S(=O)(=O)O)cc1Oc1ccccc1.[Na+]. The zero-order valence-electron chi connectivity index (χ0n) is 14.6. The third-order valence-corrected chi connectivity index (χ3v) is 4.52. The Bertz CT molecular complexity index is 776. The second-order valence-corrected chi connectivity index (χ2v) is 7.02. The molecule has 2 aromatic carbocycles. The van der Waals surface area contributed by atoms with Gasteiger partial charge >= 0.3 is 29.6 Å². The second-order valence-electron chi connectivity index (χ2n) is 5.60. The average Bonchev–Trinajstić information content (AvgIpc) is 2.53. The first-order valence-corrected chi connectivity index (χ1v) is 9.40. The standard InChI is InChI=1S/C18H22O5S.Na/c1-2-3-4-8-11-16-17(19)12-15(24(20,21)22)13-18(16)23-14-9-6-5-7-10-14;/h5-7,9-10,12-13,19H,2-4,8,11H2,1H3,(H,20,21,22);/q;+1/p-1. The third kappa shape index (κ3) is 6.64. The Balaban J connectivity index is 0.00000312. The Morgan fingerprint density at radius 2 is 1.76 bits per heavy atom. The molecule has 25 heavy (non-hydrogen) atoms. The van der Waals surface area contributed by atoms with Gasteiger partial charge in [-0.05, 0) is 36.6 Å². The smallest absolute Gasteiger partial charge is 0.872 e. The number of ether oxygens (including phenoxy) is 1. The minimum atomic E-state index is -4.47. The molecule has 0 saturated carbocycles. The molecule has 1 N–H and O–H groups in total. The van der Waals surface area contributed by atoms with Crippen LogP contribution in [-0.4, -0.2) is 13.0 Å². The van der Waals surface area contributed by atoms with E-state index in [1.165, 1.54) is 6.07 Å². The van der Waals surface area contributed by atoms with Gasteiger partial charge in [0.05, 0.1) is 4.90 Å². The second kappa shape index (κ2) is 10.2. The zero-order chi connectivity index (χ0) is 17.6. The molecule has 0 fully saturated rings. The van der Waals surface area contributed by atoms with Crippen LogP contribution in [0.1, 0.15) is 38.2 Å². The molecule has 130 valence electrons. The maximum absolute atomic E-state index is 12.3. The Hall–Kier alpha value is -1.05. The van der Waals surface area contributed by atoms with E-state index in [4.69, 9.17) is 4.74 Å². The monoisotopic (exact) mass is 372 g/mol. The Kier molecular flexibility index (Phi) is 8.96. The van der Waals surface area contributed by atoms with E-state index < -0.39 is 20.8 Å². The molecule has 0 unspecified atom stereocenters. The minimum absolute atomic E-state index is 0. The van der Waals surface area contributed by atoms with Gasteiger partial charge in [0.1, 0.15) is 11.5 Å². The Labute approximate surface area is 171 Å². The van der Waals surface area contributed by atoms with Crippen molar-refractivity contribution in [3.63, 3.8) is 0 Å². The molecule has 0 heterocycles. The molecule has 0 aliphatic heterocycles. The van der Waals surface area contributed by atoms with Crippen LogP contribution in [-0.2, 0) is 16.5 Å². The van der Waals surface area contributed by atoms with E-state index >= 15 is 0 Å². The van der Waals surface area contributed by atoms with Gasteiger partial charge in [-0.25, -0.2) is 0 Å². The van der Waals surface area contributed by atoms with Crippen LogP contribution in [0.5, 0.6) is 17.2 Å². The van der Waals surface area contributed by atoms with Crippen LogP contribution in [0.2, 0.25) is 0 Å². The summed E-state index contributed by atoms with van der Waals surface area (Å²) in [4.78, 5) is -0.448. The van der Waals surface area contributed by atoms with Gasteiger partial charge in [-0.3, -0.25) is 4.55 Å². The summed E-state index contributed by atoms with van der Waals surface area (Å²) in [6, 6.07) is 11.0. The van der Waals surface area contributed by atoms with Crippen molar-refractivity contribution in [3.8, 4) is 17.2 Å². The van der Waals surface area contributed by atoms with Gasteiger partial charge in [0.2, 0.25) is 0 Å². The van der Waals surface area contributed by atoms with Crippen molar-refractivity contribution in [2.24, 2.45) is 0 Å². The first-order chi connectivity index (χ1) is 11.4. The van der Waals surface area contributed by atoms with Crippen molar-refractivity contribution in [2.45, 2.75) is 43.9 Å². The third-order valence-electron chi connectivity index (χ3n) is 3.69. The predicted molar refractivity (Wildman–Crippen MR) is 90.1 cm³/mol. The quantitative estimate of drug-likeness (QED) is 0.423. The summed E-state index contributed by atoms with van der Waals surface area (Å²) in [5, 5.41) is 12.3. The summed E-state index contributed by atoms with van der Waals surface area (Å²) in [6.07, 6.45) is 4.47. The molecule has 0 aliphatic rings. The average molecular weight is 372 g/mol. The van der Waals surface area contributed by atoms with Crippen LogP contribution in [0.15, 0.2) is 47.4 Å². The molecule has 0 aromatic heterocycles. The number of unbranched alkanes of at least 4 members (excludes halogenated alkanes) is 3. The van der Waals surface area contributed by atoms with Crippen molar-refractivity contribution in [3.05, 3.63) is 48.0 Å². The molecule has 5 nitrogen and oxygen atoms in total. The van der Waals surface area contributed by atoms with Crippen molar-refractivity contribution >= 4 is 10.1 Å². The van der Waals surface area contributed by atoms with Crippen molar-refractivity contribution in [1.82, 2.24) is 0 Å². The van der Waals surface area contributed by atoms with Gasteiger partial charge in [-0.1, -0.05) is 44.4 Å². The van der Waals surface area contributed by atoms with E-state index in [2.05, 4.69) is 6.92 Å². The van der Waals surface area contributed by atoms with Gasteiger partial charge in [0, 0.05) is 6.07 Å². The van der Waals surface area contributed by atoms with E-state index in [-0.39, 0.29) is 35.3 Å². The Morgan fingerprint density at radius 1 is 1.08 bits per heavy atom. The van der Waals surface area contributed by atoms with E-state index in [0.29, 0.717) is 17.7 Å². The molecule has 0 saturated heterocycles. The van der Waals surface area contributed by atoms with Crippen LogP contribution in [0.4, 0.5) is 0 Å². The summed E-state index contributed by atoms with van der Waals surface area (Å²) in [7, 11) is -4.47. The summed E-state index contributed by atoms with van der Waals surface area (Å²) < 4.78 is 37.6. The molecule has 0 amide bonds. The fourth-order valence-corrected chi connectivity index (χ4v) is 2.94. The largest absolute Gasteiger partial charge is 1.00 e. The molecule has 0 bridgehead atoms. The van der Waals surface area contributed by atoms with Crippen LogP contribution >= 0.6 is 0 Å². The van der Waals surface area contributed by atoms with Crippen molar-refractivity contribution in [2.75, 3.05) is 0 Å². The fraction of sp³-hybridized carbons (Fsp3) is 0.333. The molecular formula is C18H21NaO5S. The molecule has 0 spiro atoms. The molecule has 2 rings (SSSR count). The van der Waals surface area contributed by atoms with Crippen LogP contribution < -0.4 is 39.4 Å². The van der Waals surface area contributed by atoms with Gasteiger partial charge in [0.15, 0.2) is 0 Å². The van der Waals surface area contributed by atoms with E-state index in [0.717, 1.165) is 31.7 Å². The molecule has 0 aliphatic carbocycles. The topological polar surface area (TPSA) is 86.7 Å². The van der Waals surface area contributed by atoms with Crippen molar-refractivity contribution in [1.29, 1.82) is 0 Å². The first kappa shape index (κ1) is 22.0. The normalized spacial score (nSPS) is 11.0. The molecule has 0 atom stereocenters. The summed E-state index contributed by atoms with van der Waals surface area (Å²) in [5.74, 6) is 0.240. The maximum Gasteiger partial charge on any atom is 1.00 e. The summed E-state index contributed by atoms with van der Waals surface area (Å²) >= 11 is 0. The number of hydrogen-bond donors (Lipinski definition) is 1. The first-order valence-electron chi connectivity index (χ1n) is 7.96. The Morgan fingerprint density at radius 3 is 2.36 bits per heavy atom. The number of para-hydroxylation sites is 1. The zero-order valence-corrected chi connectivity index (χ0v) is 17.4. The van der Waals surface area contributed by atoms with Gasteiger partial charge < -0.3 is 9.84 Å². The van der Waals surface area contributed by atoms with Crippen LogP contribution in [0.25, 0.3) is 0 Å². The number of rotatable bonds is 8. The van der Waals surface area contributed by atoms with E-state index in [1.54, 1.807) is 24.3 Å². The van der Waals surface area contributed by atoms with Gasteiger partial charge in [-0.2, -0.15) is 8.42 Å². The maximum atomic E-state index is 12.3. The van der Waals surface area contributed by atoms with Gasteiger partial charge in [0.25, 0.3) is 10.1 Å². The molecular weight excluding hydrogens is 351 g/mol. The predicted octanol–water partition coefficient (Wildman–Crippen LogP) is 0.926. The number of hydrogen-bond acceptors (Lipinski definition) is 4.